The maximum Gasteiger partial charge on any atom is 0.310 e. The van der Waals surface area contributed by atoms with Crippen molar-refractivity contribution in [3.63, 3.8) is 0 Å². The number of rotatable bonds is 8. The average Bonchev–Trinajstić information content (AvgIpc) is 2.55. The Morgan fingerprint density at radius 2 is 1.83 bits per heavy atom. The van der Waals surface area contributed by atoms with Gasteiger partial charge in [-0.15, -0.1) is 0 Å². The van der Waals surface area contributed by atoms with Crippen LogP contribution in [0.2, 0.25) is 0 Å². The summed E-state index contributed by atoms with van der Waals surface area (Å²) in [5, 5.41) is 18.8. The number of likely N-dealkylation sites (tertiary alicyclic amines) is 1. The minimum absolute atomic E-state index is 0.365. The zero-order valence-corrected chi connectivity index (χ0v) is 13.5. The lowest BCUT2D eigenvalue weighted by Gasteiger charge is -2.33. The maximum absolute atomic E-state index is 11.1. The van der Waals surface area contributed by atoms with Gasteiger partial charge in [0.2, 0.25) is 0 Å². The summed E-state index contributed by atoms with van der Waals surface area (Å²) in [5.41, 5.74) is 0. The van der Waals surface area contributed by atoms with Gasteiger partial charge in [-0.3, -0.25) is 9.69 Å². The SMILES string of the molecule is CCCOc1ccc(OCCN2CCC(O)C(C(=O)O)C2)cc1. The fourth-order valence-corrected chi connectivity index (χ4v) is 2.60. The second-order valence-corrected chi connectivity index (χ2v) is 5.77. The van der Waals surface area contributed by atoms with Crippen LogP contribution in [0.25, 0.3) is 0 Å². The fraction of sp³-hybridized carbons (Fsp3) is 0.588. The third kappa shape index (κ3) is 5.41. The van der Waals surface area contributed by atoms with Crippen LogP contribution < -0.4 is 9.47 Å². The summed E-state index contributed by atoms with van der Waals surface area (Å²) in [4.78, 5) is 13.1. The van der Waals surface area contributed by atoms with Gasteiger partial charge < -0.3 is 19.7 Å². The molecule has 0 aliphatic carbocycles. The highest BCUT2D eigenvalue weighted by Gasteiger charge is 2.32. The van der Waals surface area contributed by atoms with Gasteiger partial charge in [0.25, 0.3) is 0 Å². The van der Waals surface area contributed by atoms with Crippen LogP contribution in [-0.4, -0.2) is 60.0 Å². The number of aliphatic hydroxyl groups excluding tert-OH is 1. The lowest BCUT2D eigenvalue weighted by atomic mass is 9.95. The third-order valence-corrected chi connectivity index (χ3v) is 3.95. The van der Waals surface area contributed by atoms with Gasteiger partial charge in [-0.05, 0) is 37.1 Å². The van der Waals surface area contributed by atoms with Gasteiger partial charge in [0.1, 0.15) is 18.1 Å². The molecular weight excluding hydrogens is 298 g/mol. The van der Waals surface area contributed by atoms with Gasteiger partial charge in [-0.25, -0.2) is 0 Å². The highest BCUT2D eigenvalue weighted by molar-refractivity contribution is 5.71. The van der Waals surface area contributed by atoms with Gasteiger partial charge in [0.15, 0.2) is 0 Å². The van der Waals surface area contributed by atoms with E-state index in [4.69, 9.17) is 14.6 Å². The van der Waals surface area contributed by atoms with Crippen molar-refractivity contribution >= 4 is 5.97 Å². The van der Waals surface area contributed by atoms with Crippen molar-refractivity contribution < 1.29 is 24.5 Å². The molecule has 1 fully saturated rings. The van der Waals surface area contributed by atoms with E-state index in [1.165, 1.54) is 0 Å². The minimum Gasteiger partial charge on any atom is -0.494 e. The van der Waals surface area contributed by atoms with E-state index in [1.54, 1.807) is 0 Å². The Kier molecular flexibility index (Phi) is 6.67. The average molecular weight is 323 g/mol. The Balaban J connectivity index is 1.73. The topological polar surface area (TPSA) is 79.2 Å². The van der Waals surface area contributed by atoms with Crippen molar-refractivity contribution in [1.82, 2.24) is 4.90 Å². The van der Waals surface area contributed by atoms with Crippen molar-refractivity contribution in [3.05, 3.63) is 24.3 Å². The Hall–Kier alpha value is -1.79. The molecule has 128 valence electrons. The number of aliphatic carboxylic acids is 1. The van der Waals surface area contributed by atoms with E-state index in [0.717, 1.165) is 17.9 Å². The summed E-state index contributed by atoms with van der Waals surface area (Å²) < 4.78 is 11.2. The molecule has 1 aliphatic rings. The molecule has 0 radical (unpaired) electrons. The number of carboxylic acid groups (broad SMARTS) is 1. The van der Waals surface area contributed by atoms with Crippen LogP contribution in [0.15, 0.2) is 24.3 Å². The molecule has 0 saturated carbocycles. The van der Waals surface area contributed by atoms with Crippen LogP contribution >= 0.6 is 0 Å². The molecule has 23 heavy (non-hydrogen) atoms. The van der Waals surface area contributed by atoms with E-state index in [-0.39, 0.29) is 0 Å². The molecule has 6 heteroatoms. The summed E-state index contributed by atoms with van der Waals surface area (Å²) in [5.74, 6) is -0.0567. The summed E-state index contributed by atoms with van der Waals surface area (Å²) >= 11 is 0. The molecule has 1 heterocycles. The van der Waals surface area contributed by atoms with Gasteiger partial charge in [0, 0.05) is 19.6 Å². The number of aliphatic hydroxyl groups is 1. The zero-order chi connectivity index (χ0) is 16.7. The lowest BCUT2D eigenvalue weighted by molar-refractivity contribution is -0.148. The first-order chi connectivity index (χ1) is 11.1. The van der Waals surface area contributed by atoms with Crippen molar-refractivity contribution in [3.8, 4) is 11.5 Å². The highest BCUT2D eigenvalue weighted by atomic mass is 16.5. The number of carboxylic acids is 1. The predicted octanol–water partition coefficient (Wildman–Crippen LogP) is 1.62. The van der Waals surface area contributed by atoms with Gasteiger partial charge >= 0.3 is 5.97 Å². The van der Waals surface area contributed by atoms with Gasteiger partial charge in [-0.1, -0.05) is 6.92 Å². The summed E-state index contributed by atoms with van der Waals surface area (Å²) in [6.07, 6.45) is 0.709. The first-order valence-electron chi connectivity index (χ1n) is 8.09. The summed E-state index contributed by atoms with van der Waals surface area (Å²) in [7, 11) is 0. The molecule has 2 unspecified atom stereocenters. The largest absolute Gasteiger partial charge is 0.494 e. The molecule has 1 aromatic carbocycles. The van der Waals surface area contributed by atoms with Gasteiger partial charge in [0.05, 0.1) is 18.6 Å². The molecule has 0 spiro atoms. The first-order valence-corrected chi connectivity index (χ1v) is 8.09. The molecule has 2 atom stereocenters. The Morgan fingerprint density at radius 1 is 1.22 bits per heavy atom. The Morgan fingerprint density at radius 3 is 2.39 bits per heavy atom. The van der Waals surface area contributed by atoms with E-state index < -0.39 is 18.0 Å². The molecule has 6 nitrogen and oxygen atoms in total. The van der Waals surface area contributed by atoms with Crippen LogP contribution in [0, 0.1) is 5.92 Å². The normalized spacial score (nSPS) is 21.8. The van der Waals surface area contributed by atoms with Crippen LogP contribution in [0.1, 0.15) is 19.8 Å². The molecule has 1 aromatic rings. The highest BCUT2D eigenvalue weighted by Crippen LogP contribution is 2.19. The number of hydrogen-bond donors (Lipinski definition) is 2. The first kappa shape index (κ1) is 17.6. The second kappa shape index (κ2) is 8.74. The number of ether oxygens (including phenoxy) is 2. The summed E-state index contributed by atoms with van der Waals surface area (Å²) in [6.45, 7) is 4.95. The smallest absolute Gasteiger partial charge is 0.310 e. The molecule has 2 rings (SSSR count). The number of carbonyl (C=O) groups is 1. The minimum atomic E-state index is -0.939. The van der Waals surface area contributed by atoms with Crippen LogP contribution in [0.3, 0.4) is 0 Å². The van der Waals surface area contributed by atoms with Crippen molar-refractivity contribution in [2.24, 2.45) is 5.92 Å². The Bertz CT molecular complexity index is 490. The van der Waals surface area contributed by atoms with Crippen LogP contribution in [0.4, 0.5) is 0 Å². The second-order valence-electron chi connectivity index (χ2n) is 5.77. The van der Waals surface area contributed by atoms with Crippen LogP contribution in [-0.2, 0) is 4.79 Å². The van der Waals surface area contributed by atoms with Crippen molar-refractivity contribution in [1.29, 1.82) is 0 Å². The van der Waals surface area contributed by atoms with E-state index in [0.29, 0.717) is 39.3 Å². The van der Waals surface area contributed by atoms with E-state index in [9.17, 15) is 9.90 Å². The van der Waals surface area contributed by atoms with E-state index in [1.807, 2.05) is 29.2 Å². The van der Waals surface area contributed by atoms with Crippen LogP contribution in [0.5, 0.6) is 11.5 Å². The molecule has 1 aliphatic heterocycles. The number of benzene rings is 1. The predicted molar refractivity (Wildman–Crippen MR) is 85.9 cm³/mol. The monoisotopic (exact) mass is 323 g/mol. The third-order valence-electron chi connectivity index (χ3n) is 3.95. The van der Waals surface area contributed by atoms with E-state index >= 15 is 0 Å². The molecule has 0 aromatic heterocycles. The molecular formula is C17H25NO5. The van der Waals surface area contributed by atoms with Gasteiger partial charge in [-0.2, -0.15) is 0 Å². The Labute approximate surface area is 136 Å². The number of piperidine rings is 1. The van der Waals surface area contributed by atoms with Crippen molar-refractivity contribution in [2.75, 3.05) is 32.8 Å². The number of nitrogens with zero attached hydrogens (tertiary/aromatic N) is 1. The van der Waals surface area contributed by atoms with E-state index in [2.05, 4.69) is 6.92 Å². The molecule has 2 N–H and O–H groups in total. The maximum atomic E-state index is 11.1. The lowest BCUT2D eigenvalue weighted by Crippen LogP contribution is -2.47. The number of hydrogen-bond acceptors (Lipinski definition) is 5. The summed E-state index contributed by atoms with van der Waals surface area (Å²) in [6, 6.07) is 7.49. The quantitative estimate of drug-likeness (QED) is 0.757. The fourth-order valence-electron chi connectivity index (χ4n) is 2.60. The van der Waals surface area contributed by atoms with Crippen molar-refractivity contribution in [2.45, 2.75) is 25.9 Å². The zero-order valence-electron chi connectivity index (χ0n) is 13.5. The molecule has 0 bridgehead atoms. The standard InChI is InChI=1S/C17H25NO5/c1-2-10-22-13-3-5-14(6-4-13)23-11-9-18-8-7-16(19)15(12-18)17(20)21/h3-6,15-16,19H,2,7-12H2,1H3,(H,20,21). The molecule has 1 saturated heterocycles. The molecule has 0 amide bonds.